The van der Waals surface area contributed by atoms with Gasteiger partial charge in [0.1, 0.15) is 5.75 Å². The highest BCUT2D eigenvalue weighted by atomic mass is 35.5. The third kappa shape index (κ3) is 3.69. The molecule has 3 rings (SSSR count). The molecule has 124 valence electrons. The van der Waals surface area contributed by atoms with Crippen LogP contribution in [0.5, 0.6) is 5.75 Å². The fourth-order valence-electron chi connectivity index (χ4n) is 2.20. The van der Waals surface area contributed by atoms with E-state index in [-0.39, 0.29) is 5.56 Å². The third-order valence-corrected chi connectivity index (χ3v) is 4.95. The van der Waals surface area contributed by atoms with Crippen molar-refractivity contribution in [2.24, 2.45) is 7.05 Å². The molecule has 2 aromatic carbocycles. The zero-order valence-electron chi connectivity index (χ0n) is 12.8. The van der Waals surface area contributed by atoms with Crippen molar-refractivity contribution in [3.8, 4) is 5.75 Å². The Morgan fingerprint density at radius 1 is 1.21 bits per heavy atom. The van der Waals surface area contributed by atoms with Crippen LogP contribution in [0.25, 0.3) is 10.9 Å². The van der Waals surface area contributed by atoms with E-state index < -0.39 is 0 Å². The van der Waals surface area contributed by atoms with Crippen LogP contribution < -0.4 is 10.3 Å². The molecule has 0 N–H and O–H groups in total. The second-order valence-electron chi connectivity index (χ2n) is 5.05. The van der Waals surface area contributed by atoms with Crippen molar-refractivity contribution in [3.05, 3.63) is 62.9 Å². The number of ether oxygens (including phenoxy) is 1. The van der Waals surface area contributed by atoms with Gasteiger partial charge in [-0.2, -0.15) is 0 Å². The van der Waals surface area contributed by atoms with Crippen LogP contribution in [0.4, 0.5) is 0 Å². The molecule has 0 radical (unpaired) electrons. The molecule has 1 heterocycles. The van der Waals surface area contributed by atoms with Crippen molar-refractivity contribution in [1.29, 1.82) is 0 Å². The van der Waals surface area contributed by atoms with E-state index in [1.54, 1.807) is 35.9 Å². The Balaban J connectivity index is 1.69. The smallest absolute Gasteiger partial charge is 0.261 e. The molecule has 0 unspecified atom stereocenters. The Morgan fingerprint density at radius 3 is 2.83 bits per heavy atom. The number of nitrogens with zero attached hydrogens (tertiary/aromatic N) is 2. The molecule has 0 amide bonds. The van der Waals surface area contributed by atoms with Crippen LogP contribution in [0.15, 0.2) is 52.4 Å². The lowest BCUT2D eigenvalue weighted by Gasteiger charge is -2.10. The minimum absolute atomic E-state index is 0.0538. The van der Waals surface area contributed by atoms with Crippen molar-refractivity contribution in [2.75, 3.05) is 12.4 Å². The van der Waals surface area contributed by atoms with Crippen molar-refractivity contribution >= 4 is 45.9 Å². The predicted octanol–water partition coefficient (Wildman–Crippen LogP) is 4.41. The van der Waals surface area contributed by atoms with E-state index in [1.165, 1.54) is 11.8 Å². The Kier molecular flexibility index (Phi) is 5.33. The highest BCUT2D eigenvalue weighted by Crippen LogP contribution is 2.28. The highest BCUT2D eigenvalue weighted by molar-refractivity contribution is 7.99. The lowest BCUT2D eigenvalue weighted by molar-refractivity contribution is 0.344. The number of benzene rings is 2. The van der Waals surface area contributed by atoms with Crippen molar-refractivity contribution in [1.82, 2.24) is 9.55 Å². The van der Waals surface area contributed by atoms with Gasteiger partial charge in [0, 0.05) is 23.9 Å². The molecule has 0 aliphatic rings. The zero-order chi connectivity index (χ0) is 17.1. The monoisotopic (exact) mass is 380 g/mol. The van der Waals surface area contributed by atoms with Crippen LogP contribution in [0.1, 0.15) is 0 Å². The first-order valence-electron chi connectivity index (χ1n) is 7.22. The third-order valence-electron chi connectivity index (χ3n) is 3.41. The Labute approximate surface area is 153 Å². The quantitative estimate of drug-likeness (QED) is 0.373. The van der Waals surface area contributed by atoms with Crippen LogP contribution >= 0.6 is 35.0 Å². The molecule has 1 aromatic heterocycles. The van der Waals surface area contributed by atoms with E-state index in [1.807, 2.05) is 18.2 Å². The lowest BCUT2D eigenvalue weighted by atomic mass is 10.2. The number of halogens is 2. The molecule has 0 atom stereocenters. The Hall–Kier alpha value is -1.69. The first kappa shape index (κ1) is 17.1. The molecule has 0 aliphatic carbocycles. The van der Waals surface area contributed by atoms with E-state index in [4.69, 9.17) is 27.9 Å². The molecule has 0 aliphatic heterocycles. The van der Waals surface area contributed by atoms with Crippen LogP contribution in [-0.4, -0.2) is 21.9 Å². The summed E-state index contributed by atoms with van der Waals surface area (Å²) in [6, 6.07) is 12.4. The molecule has 0 saturated heterocycles. The maximum absolute atomic E-state index is 12.3. The van der Waals surface area contributed by atoms with Crippen molar-refractivity contribution in [3.63, 3.8) is 0 Å². The molecule has 0 spiro atoms. The zero-order valence-corrected chi connectivity index (χ0v) is 15.2. The second-order valence-corrected chi connectivity index (χ2v) is 6.95. The van der Waals surface area contributed by atoms with Gasteiger partial charge in [-0.25, -0.2) is 4.98 Å². The lowest BCUT2D eigenvalue weighted by Crippen LogP contribution is -2.20. The summed E-state index contributed by atoms with van der Waals surface area (Å²) < 4.78 is 7.20. The first-order valence-corrected chi connectivity index (χ1v) is 8.97. The SMILES string of the molecule is Cn1c(SCCOc2cc(Cl)ccc2Cl)nc2ccccc2c1=O. The van der Waals surface area contributed by atoms with Crippen molar-refractivity contribution < 1.29 is 4.74 Å². The number of rotatable bonds is 5. The molecule has 0 bridgehead atoms. The number of para-hydroxylation sites is 1. The van der Waals surface area contributed by atoms with Crippen LogP contribution in [0.3, 0.4) is 0 Å². The molecule has 3 aromatic rings. The number of thioether (sulfide) groups is 1. The van der Waals surface area contributed by atoms with Crippen LogP contribution in [0.2, 0.25) is 10.0 Å². The van der Waals surface area contributed by atoms with Crippen LogP contribution in [-0.2, 0) is 7.05 Å². The summed E-state index contributed by atoms with van der Waals surface area (Å²) >= 11 is 13.4. The number of aromatic nitrogens is 2. The van der Waals surface area contributed by atoms with E-state index in [0.29, 0.717) is 44.2 Å². The van der Waals surface area contributed by atoms with Gasteiger partial charge >= 0.3 is 0 Å². The summed E-state index contributed by atoms with van der Waals surface area (Å²) in [6.07, 6.45) is 0. The maximum atomic E-state index is 12.3. The molecular formula is C17H14Cl2N2O2S. The Bertz CT molecular complexity index is 944. The van der Waals surface area contributed by atoms with E-state index in [9.17, 15) is 4.79 Å². The van der Waals surface area contributed by atoms with Gasteiger partial charge in [0.05, 0.1) is 22.5 Å². The summed E-state index contributed by atoms with van der Waals surface area (Å²) in [5, 5.41) is 2.35. The summed E-state index contributed by atoms with van der Waals surface area (Å²) in [4.78, 5) is 16.9. The summed E-state index contributed by atoms with van der Waals surface area (Å²) in [7, 11) is 1.72. The van der Waals surface area contributed by atoms with Gasteiger partial charge in [-0.1, -0.05) is 47.1 Å². The standard InChI is InChI=1S/C17H14Cl2N2O2S/c1-21-16(22)12-4-2-3-5-14(12)20-17(21)24-9-8-23-15-10-11(18)6-7-13(15)19/h2-7,10H,8-9H2,1H3. The number of hydrogen-bond acceptors (Lipinski definition) is 4. The summed E-state index contributed by atoms with van der Waals surface area (Å²) in [6.45, 7) is 0.424. The number of hydrogen-bond donors (Lipinski definition) is 0. The topological polar surface area (TPSA) is 44.1 Å². The second kappa shape index (κ2) is 7.47. The average molecular weight is 381 g/mol. The van der Waals surface area contributed by atoms with Gasteiger partial charge in [0.15, 0.2) is 5.16 Å². The normalized spacial score (nSPS) is 11.0. The molecule has 0 fully saturated rings. The minimum Gasteiger partial charge on any atom is -0.491 e. The molecule has 0 saturated carbocycles. The minimum atomic E-state index is -0.0538. The largest absolute Gasteiger partial charge is 0.491 e. The molecule has 24 heavy (non-hydrogen) atoms. The summed E-state index contributed by atoms with van der Waals surface area (Å²) in [5.74, 6) is 1.17. The molecule has 7 heteroatoms. The van der Waals surface area contributed by atoms with Gasteiger partial charge in [-0.15, -0.1) is 0 Å². The summed E-state index contributed by atoms with van der Waals surface area (Å²) in [5.41, 5.74) is 0.642. The van der Waals surface area contributed by atoms with Gasteiger partial charge in [-0.05, 0) is 24.3 Å². The molecular weight excluding hydrogens is 367 g/mol. The van der Waals surface area contributed by atoms with Crippen LogP contribution in [0, 0.1) is 0 Å². The van der Waals surface area contributed by atoms with Gasteiger partial charge in [0.25, 0.3) is 5.56 Å². The van der Waals surface area contributed by atoms with Gasteiger partial charge < -0.3 is 4.74 Å². The highest BCUT2D eigenvalue weighted by Gasteiger charge is 2.08. The van der Waals surface area contributed by atoms with Gasteiger partial charge in [-0.3, -0.25) is 9.36 Å². The first-order chi connectivity index (χ1) is 11.6. The van der Waals surface area contributed by atoms with Gasteiger partial charge in [0.2, 0.25) is 0 Å². The Morgan fingerprint density at radius 2 is 2.00 bits per heavy atom. The number of fused-ring (bicyclic) bond motifs is 1. The average Bonchev–Trinajstić information content (AvgIpc) is 2.58. The fraction of sp³-hybridized carbons (Fsp3) is 0.176. The van der Waals surface area contributed by atoms with E-state index in [0.717, 1.165) is 0 Å². The molecule has 4 nitrogen and oxygen atoms in total. The predicted molar refractivity (Wildman–Crippen MR) is 99.7 cm³/mol. The van der Waals surface area contributed by atoms with Crippen molar-refractivity contribution in [2.45, 2.75) is 5.16 Å². The van der Waals surface area contributed by atoms with E-state index in [2.05, 4.69) is 4.98 Å². The van der Waals surface area contributed by atoms with E-state index >= 15 is 0 Å². The maximum Gasteiger partial charge on any atom is 0.261 e. The fourth-order valence-corrected chi connectivity index (χ4v) is 3.32.